The highest BCUT2D eigenvalue weighted by Crippen LogP contribution is 2.25. The number of halogens is 1. The molecule has 1 heterocycles. The molecular formula is C13H15ClN4. The van der Waals surface area contributed by atoms with Gasteiger partial charge in [-0.25, -0.2) is 9.97 Å². The monoisotopic (exact) mass is 262 g/mol. The summed E-state index contributed by atoms with van der Waals surface area (Å²) in [6.07, 6.45) is 1.42. The molecule has 0 radical (unpaired) electrons. The quantitative estimate of drug-likeness (QED) is 0.864. The third-order valence-electron chi connectivity index (χ3n) is 2.72. The van der Waals surface area contributed by atoms with E-state index in [1.54, 1.807) is 0 Å². The minimum atomic E-state index is 0.288. The lowest BCUT2D eigenvalue weighted by atomic mass is 10.1. The van der Waals surface area contributed by atoms with E-state index in [0.29, 0.717) is 11.5 Å². The van der Waals surface area contributed by atoms with Gasteiger partial charge in [0.05, 0.1) is 0 Å². The van der Waals surface area contributed by atoms with Crippen molar-refractivity contribution in [3.8, 4) is 0 Å². The van der Waals surface area contributed by atoms with Crippen molar-refractivity contribution in [1.82, 2.24) is 9.97 Å². The lowest BCUT2D eigenvalue weighted by Crippen LogP contribution is -2.19. The summed E-state index contributed by atoms with van der Waals surface area (Å²) in [6.45, 7) is 2.79. The standard InChI is InChI=1S/C13H15ClN4/c1-9-3-5-10(6-4-9)7-18(2)13-11(15)12(14)16-8-17-13/h3-6,8H,7,15H2,1-2H3. The van der Waals surface area contributed by atoms with E-state index < -0.39 is 0 Å². The molecule has 0 spiro atoms. The Morgan fingerprint density at radius 2 is 1.89 bits per heavy atom. The lowest BCUT2D eigenvalue weighted by Gasteiger charge is -2.19. The smallest absolute Gasteiger partial charge is 0.157 e. The van der Waals surface area contributed by atoms with Crippen LogP contribution in [0.25, 0.3) is 0 Å². The fourth-order valence-corrected chi connectivity index (χ4v) is 1.84. The van der Waals surface area contributed by atoms with Gasteiger partial charge in [0.1, 0.15) is 12.0 Å². The average Bonchev–Trinajstić information content (AvgIpc) is 2.35. The van der Waals surface area contributed by atoms with Crippen LogP contribution < -0.4 is 10.6 Å². The maximum Gasteiger partial charge on any atom is 0.157 e. The molecule has 0 fully saturated rings. The zero-order chi connectivity index (χ0) is 13.1. The van der Waals surface area contributed by atoms with Crippen molar-refractivity contribution in [1.29, 1.82) is 0 Å². The van der Waals surface area contributed by atoms with E-state index in [4.69, 9.17) is 17.3 Å². The number of nitrogens with two attached hydrogens (primary N) is 1. The molecule has 0 unspecified atom stereocenters. The summed E-state index contributed by atoms with van der Waals surface area (Å²) in [7, 11) is 1.93. The summed E-state index contributed by atoms with van der Waals surface area (Å²) in [4.78, 5) is 9.95. The molecule has 18 heavy (non-hydrogen) atoms. The van der Waals surface area contributed by atoms with E-state index in [0.717, 1.165) is 6.54 Å². The summed E-state index contributed by atoms with van der Waals surface area (Å²) < 4.78 is 0. The molecule has 94 valence electrons. The van der Waals surface area contributed by atoms with Crippen LogP contribution in [0, 0.1) is 6.92 Å². The van der Waals surface area contributed by atoms with Crippen LogP contribution in [0.15, 0.2) is 30.6 Å². The number of aryl methyl sites for hydroxylation is 1. The van der Waals surface area contributed by atoms with Gasteiger partial charge in [0.15, 0.2) is 11.0 Å². The predicted octanol–water partition coefficient (Wildman–Crippen LogP) is 2.66. The van der Waals surface area contributed by atoms with E-state index >= 15 is 0 Å². The van der Waals surface area contributed by atoms with Crippen LogP contribution in [0.4, 0.5) is 11.5 Å². The van der Waals surface area contributed by atoms with Crippen molar-refractivity contribution in [2.75, 3.05) is 17.7 Å². The Labute approximate surface area is 111 Å². The van der Waals surface area contributed by atoms with Crippen molar-refractivity contribution in [2.24, 2.45) is 0 Å². The molecule has 0 bridgehead atoms. The number of nitrogen functional groups attached to an aromatic ring is 1. The normalized spacial score (nSPS) is 10.4. The Balaban J connectivity index is 2.19. The second-order valence-corrected chi connectivity index (χ2v) is 4.60. The zero-order valence-electron chi connectivity index (χ0n) is 10.4. The van der Waals surface area contributed by atoms with Crippen molar-refractivity contribution in [3.05, 3.63) is 46.9 Å². The van der Waals surface area contributed by atoms with Gasteiger partial charge in [-0.05, 0) is 12.5 Å². The molecule has 0 aliphatic heterocycles. The van der Waals surface area contributed by atoms with Crippen LogP contribution in [0.5, 0.6) is 0 Å². The van der Waals surface area contributed by atoms with Crippen LogP contribution in [0.3, 0.4) is 0 Å². The van der Waals surface area contributed by atoms with Gasteiger partial charge < -0.3 is 10.6 Å². The molecule has 0 aliphatic rings. The van der Waals surface area contributed by atoms with E-state index in [1.807, 2.05) is 11.9 Å². The summed E-state index contributed by atoms with van der Waals surface area (Å²) in [5, 5.41) is 0.288. The molecule has 2 N–H and O–H groups in total. The first-order valence-electron chi connectivity index (χ1n) is 5.60. The third kappa shape index (κ3) is 2.71. The molecule has 2 aromatic rings. The van der Waals surface area contributed by atoms with Crippen molar-refractivity contribution >= 4 is 23.1 Å². The Morgan fingerprint density at radius 1 is 1.22 bits per heavy atom. The second kappa shape index (κ2) is 5.23. The molecule has 4 nitrogen and oxygen atoms in total. The van der Waals surface area contributed by atoms with Gasteiger partial charge in [0.2, 0.25) is 0 Å². The van der Waals surface area contributed by atoms with Gasteiger partial charge in [0, 0.05) is 13.6 Å². The first-order valence-corrected chi connectivity index (χ1v) is 5.98. The topological polar surface area (TPSA) is 55.0 Å². The van der Waals surface area contributed by atoms with Crippen LogP contribution in [-0.2, 0) is 6.54 Å². The van der Waals surface area contributed by atoms with Gasteiger partial charge in [-0.3, -0.25) is 0 Å². The van der Waals surface area contributed by atoms with Crippen LogP contribution in [0.1, 0.15) is 11.1 Å². The molecule has 5 heteroatoms. The lowest BCUT2D eigenvalue weighted by molar-refractivity contribution is 0.893. The van der Waals surface area contributed by atoms with Gasteiger partial charge in [-0.2, -0.15) is 0 Å². The molecule has 0 saturated heterocycles. The molecular weight excluding hydrogens is 248 g/mol. The number of anilines is 2. The van der Waals surface area contributed by atoms with E-state index in [2.05, 4.69) is 41.2 Å². The number of benzene rings is 1. The van der Waals surface area contributed by atoms with Crippen molar-refractivity contribution in [2.45, 2.75) is 13.5 Å². The molecule has 2 rings (SSSR count). The number of hydrogen-bond acceptors (Lipinski definition) is 4. The van der Waals surface area contributed by atoms with Gasteiger partial charge in [0.25, 0.3) is 0 Å². The molecule has 0 saturated carbocycles. The molecule has 1 aromatic carbocycles. The molecule has 0 amide bonds. The second-order valence-electron chi connectivity index (χ2n) is 4.24. The Bertz CT molecular complexity index is 539. The van der Waals surface area contributed by atoms with Crippen molar-refractivity contribution in [3.63, 3.8) is 0 Å². The fraction of sp³-hybridized carbons (Fsp3) is 0.231. The molecule has 1 aromatic heterocycles. The maximum atomic E-state index is 5.88. The number of rotatable bonds is 3. The van der Waals surface area contributed by atoms with Crippen molar-refractivity contribution < 1.29 is 0 Å². The largest absolute Gasteiger partial charge is 0.393 e. The minimum absolute atomic E-state index is 0.288. The van der Waals surface area contributed by atoms with Crippen LogP contribution in [-0.4, -0.2) is 17.0 Å². The third-order valence-corrected chi connectivity index (χ3v) is 3.02. The van der Waals surface area contributed by atoms with E-state index in [-0.39, 0.29) is 5.15 Å². The minimum Gasteiger partial charge on any atom is -0.393 e. The first kappa shape index (κ1) is 12.6. The van der Waals surface area contributed by atoms with E-state index in [1.165, 1.54) is 17.5 Å². The first-order chi connectivity index (χ1) is 8.58. The number of nitrogens with zero attached hydrogens (tertiary/aromatic N) is 3. The van der Waals surface area contributed by atoms with Gasteiger partial charge in [-0.1, -0.05) is 41.4 Å². The van der Waals surface area contributed by atoms with Crippen LogP contribution >= 0.6 is 11.6 Å². The van der Waals surface area contributed by atoms with Gasteiger partial charge >= 0.3 is 0 Å². The van der Waals surface area contributed by atoms with Crippen LogP contribution in [0.2, 0.25) is 5.15 Å². The van der Waals surface area contributed by atoms with E-state index in [9.17, 15) is 0 Å². The molecule has 0 atom stereocenters. The number of hydrogen-bond donors (Lipinski definition) is 1. The summed E-state index contributed by atoms with van der Waals surface area (Å²) in [5.74, 6) is 0.649. The summed E-state index contributed by atoms with van der Waals surface area (Å²) in [5.41, 5.74) is 8.71. The summed E-state index contributed by atoms with van der Waals surface area (Å²) >= 11 is 5.88. The fourth-order valence-electron chi connectivity index (χ4n) is 1.71. The summed E-state index contributed by atoms with van der Waals surface area (Å²) in [6, 6.07) is 8.34. The Hall–Kier alpha value is -1.81. The SMILES string of the molecule is Cc1ccc(CN(C)c2ncnc(Cl)c2N)cc1. The zero-order valence-corrected chi connectivity index (χ0v) is 11.1. The highest BCUT2D eigenvalue weighted by Gasteiger charge is 2.10. The predicted molar refractivity (Wildman–Crippen MR) is 74.7 cm³/mol. The highest BCUT2D eigenvalue weighted by molar-refractivity contribution is 6.32. The number of aromatic nitrogens is 2. The Kier molecular flexibility index (Phi) is 3.67. The average molecular weight is 263 g/mol. The van der Waals surface area contributed by atoms with Gasteiger partial charge in [-0.15, -0.1) is 0 Å². The highest BCUT2D eigenvalue weighted by atomic mass is 35.5. The molecule has 0 aliphatic carbocycles. The maximum absolute atomic E-state index is 5.88. The Morgan fingerprint density at radius 3 is 2.56 bits per heavy atom.